The molecule has 0 saturated heterocycles. The summed E-state index contributed by atoms with van der Waals surface area (Å²) in [4.78, 5) is 15.1. The van der Waals surface area contributed by atoms with E-state index < -0.39 is 17.0 Å². The molecule has 0 fully saturated rings. The molecule has 0 spiro atoms. The van der Waals surface area contributed by atoms with E-state index >= 15 is 0 Å². The van der Waals surface area contributed by atoms with Crippen LogP contribution in [0, 0.1) is 11.6 Å². The van der Waals surface area contributed by atoms with Crippen LogP contribution in [0.5, 0.6) is 0 Å². The Hall–Kier alpha value is -3.46. The van der Waals surface area contributed by atoms with Crippen molar-refractivity contribution in [3.05, 3.63) is 88.2 Å². The van der Waals surface area contributed by atoms with Crippen LogP contribution in [-0.4, -0.2) is 37.3 Å². The van der Waals surface area contributed by atoms with Crippen LogP contribution < -0.4 is 0 Å². The van der Waals surface area contributed by atoms with Crippen molar-refractivity contribution in [2.45, 2.75) is 18.9 Å². The summed E-state index contributed by atoms with van der Waals surface area (Å²) < 4.78 is 29.1. The maximum absolute atomic E-state index is 14.2. The molecule has 0 bridgehead atoms. The van der Waals surface area contributed by atoms with Crippen LogP contribution in [0.2, 0.25) is 0 Å². The zero-order valence-electron chi connectivity index (χ0n) is 17.4. The molecule has 0 saturated carbocycles. The van der Waals surface area contributed by atoms with Gasteiger partial charge in [-0.1, -0.05) is 35.6 Å². The number of nitrogens with zero attached hydrogens (tertiary/aromatic N) is 5. The van der Waals surface area contributed by atoms with Gasteiger partial charge in [0, 0.05) is 48.9 Å². The second-order valence-electron chi connectivity index (χ2n) is 8.09. The standard InChI is InChI=1S/C23H19F2N5OS/c1-23(15-10-26-29(2)12-15)13-30(11-14-5-3-4-6-18(14)23)22(31)21-28-27-20(32-21)17-8-7-16(24)9-19(17)25/h3-10,12H,11,13H2,1-2H3/t23-/m1/s1. The van der Waals surface area contributed by atoms with E-state index in [1.807, 2.05) is 37.6 Å². The molecule has 162 valence electrons. The lowest BCUT2D eigenvalue weighted by Crippen LogP contribution is -2.47. The Labute approximate surface area is 187 Å². The van der Waals surface area contributed by atoms with Crippen molar-refractivity contribution in [2.75, 3.05) is 6.54 Å². The Bertz CT molecular complexity index is 1330. The lowest BCUT2D eigenvalue weighted by molar-refractivity contribution is 0.0694. The van der Waals surface area contributed by atoms with Crippen molar-refractivity contribution < 1.29 is 13.6 Å². The number of aryl methyl sites for hydroxylation is 1. The van der Waals surface area contributed by atoms with Gasteiger partial charge in [-0.05, 0) is 30.2 Å². The summed E-state index contributed by atoms with van der Waals surface area (Å²) in [5.74, 6) is -1.69. The second-order valence-corrected chi connectivity index (χ2v) is 9.07. The molecule has 6 nitrogen and oxygen atoms in total. The average molecular weight is 452 g/mol. The first kappa shape index (κ1) is 20.4. The molecule has 1 aliphatic heterocycles. The summed E-state index contributed by atoms with van der Waals surface area (Å²) >= 11 is 0.997. The summed E-state index contributed by atoms with van der Waals surface area (Å²) in [5.41, 5.74) is 2.88. The van der Waals surface area contributed by atoms with E-state index in [1.54, 1.807) is 9.58 Å². The van der Waals surface area contributed by atoms with Gasteiger partial charge in [-0.15, -0.1) is 10.2 Å². The maximum atomic E-state index is 14.2. The molecule has 5 rings (SSSR count). The van der Waals surface area contributed by atoms with Crippen molar-refractivity contribution in [1.82, 2.24) is 24.9 Å². The van der Waals surface area contributed by atoms with Gasteiger partial charge < -0.3 is 4.90 Å². The van der Waals surface area contributed by atoms with Gasteiger partial charge in [0.15, 0.2) is 5.01 Å². The number of hydrogen-bond acceptors (Lipinski definition) is 5. The highest BCUT2D eigenvalue weighted by atomic mass is 32.1. The molecule has 0 aliphatic carbocycles. The normalized spacial score (nSPS) is 17.9. The number of carbonyl (C=O) groups excluding carboxylic acids is 1. The van der Waals surface area contributed by atoms with Crippen molar-refractivity contribution in [1.29, 1.82) is 0 Å². The van der Waals surface area contributed by atoms with E-state index in [0.29, 0.717) is 13.1 Å². The van der Waals surface area contributed by atoms with E-state index in [-0.39, 0.29) is 21.5 Å². The highest BCUT2D eigenvalue weighted by Crippen LogP contribution is 2.39. The van der Waals surface area contributed by atoms with E-state index in [1.165, 1.54) is 6.07 Å². The molecule has 0 N–H and O–H groups in total. The molecule has 4 aromatic rings. The minimum Gasteiger partial charge on any atom is -0.331 e. The van der Waals surface area contributed by atoms with Crippen LogP contribution in [0.4, 0.5) is 8.78 Å². The first-order valence-corrected chi connectivity index (χ1v) is 10.8. The molecular weight excluding hydrogens is 432 g/mol. The molecule has 1 aliphatic rings. The van der Waals surface area contributed by atoms with Gasteiger partial charge in [0.25, 0.3) is 5.91 Å². The molecule has 0 unspecified atom stereocenters. The van der Waals surface area contributed by atoms with Gasteiger partial charge in [0.05, 0.1) is 6.20 Å². The molecule has 0 radical (unpaired) electrons. The van der Waals surface area contributed by atoms with Crippen molar-refractivity contribution in [3.63, 3.8) is 0 Å². The molecular formula is C23H19F2N5OS. The van der Waals surface area contributed by atoms with E-state index in [4.69, 9.17) is 0 Å². The lowest BCUT2D eigenvalue weighted by Gasteiger charge is -2.41. The fourth-order valence-electron chi connectivity index (χ4n) is 4.24. The predicted molar refractivity (Wildman–Crippen MR) is 116 cm³/mol. The number of aromatic nitrogens is 4. The predicted octanol–water partition coefficient (Wildman–Crippen LogP) is 4.18. The van der Waals surface area contributed by atoms with Crippen LogP contribution in [0.3, 0.4) is 0 Å². The Morgan fingerprint density at radius 2 is 1.97 bits per heavy atom. The van der Waals surface area contributed by atoms with E-state index in [9.17, 15) is 13.6 Å². The van der Waals surface area contributed by atoms with Gasteiger partial charge in [-0.3, -0.25) is 9.48 Å². The third-order valence-electron chi connectivity index (χ3n) is 5.88. The number of carbonyl (C=O) groups is 1. The number of amides is 1. The number of fused-ring (bicyclic) bond motifs is 1. The Morgan fingerprint density at radius 1 is 1.16 bits per heavy atom. The molecule has 1 atom stereocenters. The monoisotopic (exact) mass is 451 g/mol. The van der Waals surface area contributed by atoms with Crippen LogP contribution in [0.25, 0.3) is 10.6 Å². The van der Waals surface area contributed by atoms with Crippen LogP contribution in [-0.2, 0) is 19.0 Å². The largest absolute Gasteiger partial charge is 0.331 e. The van der Waals surface area contributed by atoms with Gasteiger partial charge in [0.1, 0.15) is 11.6 Å². The molecule has 2 aromatic heterocycles. The first-order chi connectivity index (χ1) is 15.3. The van der Waals surface area contributed by atoms with Crippen LogP contribution in [0.1, 0.15) is 33.4 Å². The Balaban J connectivity index is 1.49. The summed E-state index contributed by atoms with van der Waals surface area (Å²) in [6, 6.07) is 11.3. The molecule has 32 heavy (non-hydrogen) atoms. The third-order valence-corrected chi connectivity index (χ3v) is 6.82. The molecule has 2 aromatic carbocycles. The SMILES string of the molecule is Cn1cc([C@@]2(C)CN(C(=O)c3nnc(-c4ccc(F)cc4F)s3)Cc3ccccc32)cn1. The van der Waals surface area contributed by atoms with E-state index in [0.717, 1.165) is 40.2 Å². The maximum Gasteiger partial charge on any atom is 0.285 e. The Kier molecular flexibility index (Phi) is 4.85. The highest BCUT2D eigenvalue weighted by molar-refractivity contribution is 7.16. The third kappa shape index (κ3) is 3.38. The molecule has 3 heterocycles. The zero-order chi connectivity index (χ0) is 22.5. The minimum atomic E-state index is -0.740. The van der Waals surface area contributed by atoms with Gasteiger partial charge in [-0.2, -0.15) is 5.10 Å². The first-order valence-electron chi connectivity index (χ1n) is 10.0. The van der Waals surface area contributed by atoms with Crippen LogP contribution in [0.15, 0.2) is 54.9 Å². The molecule has 1 amide bonds. The van der Waals surface area contributed by atoms with Crippen molar-refractivity contribution in [3.8, 4) is 10.6 Å². The summed E-state index contributed by atoms with van der Waals surface area (Å²) in [7, 11) is 1.86. The van der Waals surface area contributed by atoms with Gasteiger partial charge >= 0.3 is 0 Å². The zero-order valence-corrected chi connectivity index (χ0v) is 18.2. The molecule has 9 heteroatoms. The second kappa shape index (κ2) is 7.59. The number of rotatable bonds is 3. The van der Waals surface area contributed by atoms with Crippen molar-refractivity contribution in [2.24, 2.45) is 7.05 Å². The topological polar surface area (TPSA) is 63.9 Å². The quantitative estimate of drug-likeness (QED) is 0.469. The summed E-state index contributed by atoms with van der Waals surface area (Å²) in [5, 5.41) is 12.7. The van der Waals surface area contributed by atoms with Gasteiger partial charge in [0.2, 0.25) is 5.01 Å². The number of halogens is 2. The minimum absolute atomic E-state index is 0.118. The number of benzene rings is 2. The van der Waals surface area contributed by atoms with E-state index in [2.05, 4.69) is 28.3 Å². The number of hydrogen-bond donors (Lipinski definition) is 0. The smallest absolute Gasteiger partial charge is 0.285 e. The van der Waals surface area contributed by atoms with Crippen molar-refractivity contribution >= 4 is 17.2 Å². The van der Waals surface area contributed by atoms with Gasteiger partial charge in [-0.25, -0.2) is 8.78 Å². The highest BCUT2D eigenvalue weighted by Gasteiger charge is 2.40. The van der Waals surface area contributed by atoms with Crippen LogP contribution >= 0.6 is 11.3 Å². The summed E-state index contributed by atoms with van der Waals surface area (Å²) in [6.45, 7) is 2.97. The lowest BCUT2D eigenvalue weighted by atomic mass is 9.73. The fraction of sp³-hybridized carbons (Fsp3) is 0.217. The summed E-state index contributed by atoms with van der Waals surface area (Å²) in [6.07, 6.45) is 3.79. The Morgan fingerprint density at radius 3 is 2.72 bits per heavy atom. The average Bonchev–Trinajstić information content (AvgIpc) is 3.43. The fourth-order valence-corrected chi connectivity index (χ4v) is 5.08.